The Labute approximate surface area is 173 Å². The number of hydrogen-bond acceptors (Lipinski definition) is 5. The third kappa shape index (κ3) is 2.77. The monoisotopic (exact) mass is 418 g/mol. The van der Waals surface area contributed by atoms with E-state index in [9.17, 15) is 19.2 Å². The first-order chi connectivity index (χ1) is 13.8. The van der Waals surface area contributed by atoms with Crippen molar-refractivity contribution in [1.29, 1.82) is 0 Å². The average Bonchev–Trinajstić information content (AvgIpc) is 3.25. The number of primary amides is 1. The number of unbranched alkanes of at least 4 members (excludes halogenated alkanes) is 1. The van der Waals surface area contributed by atoms with Crippen molar-refractivity contribution in [2.75, 3.05) is 11.9 Å². The van der Waals surface area contributed by atoms with Crippen LogP contribution in [0.3, 0.4) is 0 Å². The molecule has 0 bridgehead atoms. The Bertz CT molecular complexity index is 920. The van der Waals surface area contributed by atoms with Crippen molar-refractivity contribution in [2.24, 2.45) is 17.6 Å². The molecule has 9 heteroatoms. The first kappa shape index (κ1) is 19.8. The van der Waals surface area contributed by atoms with Crippen molar-refractivity contribution in [1.82, 2.24) is 10.2 Å². The number of imide groups is 1. The third-order valence-electron chi connectivity index (χ3n) is 6.23. The zero-order valence-electron chi connectivity index (χ0n) is 16.0. The molecule has 4 atom stereocenters. The van der Waals surface area contributed by atoms with E-state index in [1.165, 1.54) is 4.90 Å². The summed E-state index contributed by atoms with van der Waals surface area (Å²) in [5.41, 5.74) is 4.93. The van der Waals surface area contributed by atoms with E-state index in [0.29, 0.717) is 29.2 Å². The number of amides is 4. The number of hydrogen-bond donors (Lipinski definition) is 3. The van der Waals surface area contributed by atoms with E-state index in [1.54, 1.807) is 18.2 Å². The molecular formula is C20H23ClN4O4. The highest BCUT2D eigenvalue weighted by atomic mass is 35.5. The van der Waals surface area contributed by atoms with Gasteiger partial charge in [-0.05, 0) is 18.9 Å². The number of para-hydroxylation sites is 1. The van der Waals surface area contributed by atoms with Crippen LogP contribution in [0, 0.1) is 11.8 Å². The number of fused-ring (bicyclic) bond motifs is 4. The second-order valence-electron chi connectivity index (χ2n) is 7.87. The maximum Gasteiger partial charge on any atom is 0.250 e. The lowest BCUT2D eigenvalue weighted by atomic mass is 9.76. The van der Waals surface area contributed by atoms with Gasteiger partial charge < -0.3 is 11.1 Å². The van der Waals surface area contributed by atoms with Crippen LogP contribution in [0.25, 0.3) is 0 Å². The summed E-state index contributed by atoms with van der Waals surface area (Å²) in [5.74, 6) is -3.17. The Morgan fingerprint density at radius 1 is 1.28 bits per heavy atom. The van der Waals surface area contributed by atoms with E-state index in [4.69, 9.17) is 17.3 Å². The number of nitrogens with one attached hydrogen (secondary N) is 2. The molecule has 1 aromatic carbocycles. The predicted octanol–water partition coefficient (Wildman–Crippen LogP) is 1.13. The first-order valence-corrected chi connectivity index (χ1v) is 10.2. The molecule has 3 aliphatic rings. The van der Waals surface area contributed by atoms with Gasteiger partial charge in [0.05, 0.1) is 22.5 Å². The van der Waals surface area contributed by atoms with Gasteiger partial charge >= 0.3 is 0 Å². The molecule has 8 nitrogen and oxygen atoms in total. The normalized spacial score (nSPS) is 30.1. The Hall–Kier alpha value is -2.45. The van der Waals surface area contributed by atoms with E-state index in [1.807, 2.05) is 6.92 Å². The van der Waals surface area contributed by atoms with Gasteiger partial charge in [-0.1, -0.05) is 37.1 Å². The van der Waals surface area contributed by atoms with Gasteiger partial charge in [-0.15, -0.1) is 0 Å². The molecule has 0 unspecified atom stereocenters. The maximum absolute atomic E-state index is 13.3. The second-order valence-corrected chi connectivity index (χ2v) is 8.27. The van der Waals surface area contributed by atoms with Gasteiger partial charge in [-0.2, -0.15) is 0 Å². The molecule has 0 radical (unpaired) electrons. The molecular weight excluding hydrogens is 396 g/mol. The van der Waals surface area contributed by atoms with Crippen LogP contribution < -0.4 is 16.4 Å². The van der Waals surface area contributed by atoms with Gasteiger partial charge in [-0.25, -0.2) is 0 Å². The molecule has 4 rings (SSSR count). The first-order valence-electron chi connectivity index (χ1n) is 9.84. The minimum Gasteiger partial charge on any atom is -0.370 e. The number of anilines is 1. The van der Waals surface area contributed by atoms with Crippen LogP contribution in [0.2, 0.25) is 5.02 Å². The molecule has 0 aliphatic carbocycles. The van der Waals surface area contributed by atoms with Gasteiger partial charge in [0.15, 0.2) is 0 Å². The molecule has 154 valence electrons. The number of carbonyl (C=O) groups is 4. The summed E-state index contributed by atoms with van der Waals surface area (Å²) in [6, 6.07) is 4.59. The largest absolute Gasteiger partial charge is 0.370 e. The number of halogens is 1. The number of carbonyl (C=O) groups excluding carboxylic acids is 4. The summed E-state index contributed by atoms with van der Waals surface area (Å²) in [6.45, 7) is 2.30. The molecule has 3 heterocycles. The zero-order chi connectivity index (χ0) is 20.9. The molecule has 2 fully saturated rings. The Kier molecular flexibility index (Phi) is 4.86. The van der Waals surface area contributed by atoms with Gasteiger partial charge in [0, 0.05) is 24.6 Å². The van der Waals surface area contributed by atoms with Crippen LogP contribution in [-0.4, -0.2) is 41.1 Å². The minimum absolute atomic E-state index is 0.0530. The lowest BCUT2D eigenvalue weighted by Gasteiger charge is -2.29. The fourth-order valence-electron chi connectivity index (χ4n) is 4.94. The smallest absolute Gasteiger partial charge is 0.250 e. The summed E-state index contributed by atoms with van der Waals surface area (Å²) in [7, 11) is 0. The summed E-state index contributed by atoms with van der Waals surface area (Å²) in [5, 5.41) is 6.40. The number of likely N-dealkylation sites (tertiary alicyclic amines) is 1. The van der Waals surface area contributed by atoms with E-state index < -0.39 is 35.2 Å². The van der Waals surface area contributed by atoms with E-state index in [-0.39, 0.29) is 24.7 Å². The Morgan fingerprint density at radius 2 is 2.03 bits per heavy atom. The van der Waals surface area contributed by atoms with E-state index in [2.05, 4.69) is 10.6 Å². The molecule has 3 aliphatic heterocycles. The van der Waals surface area contributed by atoms with Crippen molar-refractivity contribution < 1.29 is 19.2 Å². The standard InChI is InChI=1S/C20H23ClN4O4/c1-2-3-9-25-17(27)14-12(7-8-13(22)26)24-20(15(14)18(25)28)10-5-4-6-11(21)16(10)23-19(20)29/h4-6,12,14-15,24H,2-3,7-9H2,1H3,(H2,22,26)(H,23,29)/t12-,14+,15-,20-/m0/s1. The number of nitrogens with zero attached hydrogens (tertiary/aromatic N) is 1. The molecule has 4 amide bonds. The summed E-state index contributed by atoms with van der Waals surface area (Å²) >= 11 is 6.27. The summed E-state index contributed by atoms with van der Waals surface area (Å²) < 4.78 is 0. The van der Waals surface area contributed by atoms with Crippen molar-refractivity contribution in [3.05, 3.63) is 28.8 Å². The van der Waals surface area contributed by atoms with Gasteiger partial charge in [-0.3, -0.25) is 29.4 Å². The molecule has 4 N–H and O–H groups in total. The quantitative estimate of drug-likeness (QED) is 0.598. The van der Waals surface area contributed by atoms with Crippen molar-refractivity contribution in [2.45, 2.75) is 44.2 Å². The van der Waals surface area contributed by atoms with Gasteiger partial charge in [0.1, 0.15) is 5.54 Å². The maximum atomic E-state index is 13.3. The molecule has 0 saturated carbocycles. The summed E-state index contributed by atoms with van der Waals surface area (Å²) in [4.78, 5) is 52.4. The highest BCUT2D eigenvalue weighted by Gasteiger charge is 2.70. The van der Waals surface area contributed by atoms with Gasteiger partial charge in [0.25, 0.3) is 0 Å². The average molecular weight is 419 g/mol. The molecule has 1 spiro atoms. The SMILES string of the molecule is CCCCN1C(=O)[C@@H]2[C@H](CCC(N)=O)N[C@]3(C(=O)Nc4c(Cl)cccc43)[C@@H]2C1=O. The van der Waals surface area contributed by atoms with E-state index in [0.717, 1.165) is 6.42 Å². The highest BCUT2D eigenvalue weighted by molar-refractivity contribution is 6.35. The summed E-state index contributed by atoms with van der Waals surface area (Å²) in [6.07, 6.45) is 1.84. The second kappa shape index (κ2) is 7.11. The minimum atomic E-state index is -1.39. The van der Waals surface area contributed by atoms with Crippen molar-refractivity contribution >= 4 is 40.9 Å². The third-order valence-corrected chi connectivity index (χ3v) is 6.54. The molecule has 2 saturated heterocycles. The predicted molar refractivity (Wildman–Crippen MR) is 106 cm³/mol. The van der Waals surface area contributed by atoms with Crippen LogP contribution in [0.1, 0.15) is 38.2 Å². The van der Waals surface area contributed by atoms with Crippen LogP contribution >= 0.6 is 11.6 Å². The number of rotatable bonds is 6. The Morgan fingerprint density at radius 3 is 2.72 bits per heavy atom. The zero-order valence-corrected chi connectivity index (χ0v) is 16.8. The van der Waals surface area contributed by atoms with Crippen LogP contribution in [-0.2, 0) is 24.7 Å². The van der Waals surface area contributed by atoms with Crippen LogP contribution in [0.4, 0.5) is 5.69 Å². The number of nitrogens with two attached hydrogens (primary N) is 1. The van der Waals surface area contributed by atoms with Crippen LogP contribution in [0.5, 0.6) is 0 Å². The molecule has 1 aromatic rings. The number of benzene rings is 1. The van der Waals surface area contributed by atoms with Crippen molar-refractivity contribution in [3.63, 3.8) is 0 Å². The fourth-order valence-corrected chi connectivity index (χ4v) is 5.16. The van der Waals surface area contributed by atoms with Crippen molar-refractivity contribution in [3.8, 4) is 0 Å². The van der Waals surface area contributed by atoms with E-state index >= 15 is 0 Å². The fraction of sp³-hybridized carbons (Fsp3) is 0.500. The lowest BCUT2D eigenvalue weighted by molar-refractivity contribution is -0.143. The topological polar surface area (TPSA) is 122 Å². The Balaban J connectivity index is 1.81. The van der Waals surface area contributed by atoms with Crippen LogP contribution in [0.15, 0.2) is 18.2 Å². The molecule has 29 heavy (non-hydrogen) atoms. The van der Waals surface area contributed by atoms with Gasteiger partial charge in [0.2, 0.25) is 23.6 Å². The molecule has 0 aromatic heterocycles. The highest BCUT2D eigenvalue weighted by Crippen LogP contribution is 2.54. The lowest BCUT2D eigenvalue weighted by Crippen LogP contribution is -2.53.